The SMILES string of the molecule is CC(C)(CC(N)=O)NCc1ccc(Br)c(Cl)c1. The predicted octanol–water partition coefficient (Wildman–Crippen LogP) is 2.85. The molecule has 1 amide bonds. The molecule has 0 aliphatic carbocycles. The first-order valence-electron chi connectivity index (χ1n) is 5.27. The maximum Gasteiger partial charge on any atom is 0.219 e. The first kappa shape index (κ1) is 14.5. The minimum absolute atomic E-state index is 0.303. The summed E-state index contributed by atoms with van der Waals surface area (Å²) in [7, 11) is 0. The number of hydrogen-bond donors (Lipinski definition) is 2. The zero-order valence-electron chi connectivity index (χ0n) is 9.89. The van der Waals surface area contributed by atoms with E-state index in [0.29, 0.717) is 18.0 Å². The van der Waals surface area contributed by atoms with Gasteiger partial charge in [0.25, 0.3) is 0 Å². The second kappa shape index (κ2) is 5.85. The van der Waals surface area contributed by atoms with E-state index in [2.05, 4.69) is 21.2 Å². The summed E-state index contributed by atoms with van der Waals surface area (Å²) in [4.78, 5) is 10.9. The topological polar surface area (TPSA) is 55.1 Å². The molecule has 0 atom stereocenters. The van der Waals surface area contributed by atoms with Crippen molar-refractivity contribution in [3.8, 4) is 0 Å². The quantitative estimate of drug-likeness (QED) is 0.877. The number of amides is 1. The van der Waals surface area contributed by atoms with Crippen LogP contribution in [0.25, 0.3) is 0 Å². The summed E-state index contributed by atoms with van der Waals surface area (Å²) in [6, 6.07) is 5.77. The molecular weight excluding hydrogens is 304 g/mol. The van der Waals surface area contributed by atoms with Crippen LogP contribution >= 0.6 is 27.5 Å². The Morgan fingerprint density at radius 1 is 1.53 bits per heavy atom. The minimum atomic E-state index is -0.314. The fraction of sp³-hybridized carbons (Fsp3) is 0.417. The molecule has 1 rings (SSSR count). The molecule has 0 fully saturated rings. The zero-order chi connectivity index (χ0) is 13.1. The van der Waals surface area contributed by atoms with Gasteiger partial charge in [-0.2, -0.15) is 0 Å². The standard InChI is InChI=1S/C12H16BrClN2O/c1-12(2,6-11(15)17)16-7-8-3-4-9(13)10(14)5-8/h3-5,16H,6-7H2,1-2H3,(H2,15,17). The van der Waals surface area contributed by atoms with Crippen molar-refractivity contribution < 1.29 is 4.79 Å². The van der Waals surface area contributed by atoms with Crippen molar-refractivity contribution >= 4 is 33.4 Å². The minimum Gasteiger partial charge on any atom is -0.370 e. The van der Waals surface area contributed by atoms with E-state index in [0.717, 1.165) is 10.0 Å². The Balaban J connectivity index is 2.60. The number of primary amides is 1. The summed E-state index contributed by atoms with van der Waals surface area (Å²) >= 11 is 9.34. The Bertz CT molecular complexity index is 421. The van der Waals surface area contributed by atoms with Gasteiger partial charge in [0, 0.05) is 23.0 Å². The lowest BCUT2D eigenvalue weighted by Gasteiger charge is -2.25. The van der Waals surface area contributed by atoms with Crippen LogP contribution in [0.2, 0.25) is 5.02 Å². The van der Waals surface area contributed by atoms with Crippen LogP contribution in [0.4, 0.5) is 0 Å². The highest BCUT2D eigenvalue weighted by Gasteiger charge is 2.19. The number of hydrogen-bond acceptors (Lipinski definition) is 2. The molecule has 0 saturated heterocycles. The largest absolute Gasteiger partial charge is 0.370 e. The smallest absolute Gasteiger partial charge is 0.219 e. The monoisotopic (exact) mass is 318 g/mol. The number of carbonyl (C=O) groups excluding carboxylic acids is 1. The van der Waals surface area contributed by atoms with Gasteiger partial charge in [0.15, 0.2) is 0 Å². The first-order chi connectivity index (χ1) is 7.80. The van der Waals surface area contributed by atoms with Gasteiger partial charge in [-0.05, 0) is 47.5 Å². The summed E-state index contributed by atoms with van der Waals surface area (Å²) in [5.41, 5.74) is 5.94. The van der Waals surface area contributed by atoms with E-state index in [-0.39, 0.29) is 11.4 Å². The third-order valence-electron chi connectivity index (χ3n) is 2.37. The Hall–Kier alpha value is -0.580. The van der Waals surface area contributed by atoms with E-state index >= 15 is 0 Å². The van der Waals surface area contributed by atoms with Gasteiger partial charge in [0.05, 0.1) is 5.02 Å². The van der Waals surface area contributed by atoms with E-state index in [9.17, 15) is 4.79 Å². The third-order valence-corrected chi connectivity index (χ3v) is 3.60. The number of rotatable bonds is 5. The zero-order valence-corrected chi connectivity index (χ0v) is 12.2. The molecule has 3 nitrogen and oxygen atoms in total. The maximum atomic E-state index is 10.9. The van der Waals surface area contributed by atoms with E-state index in [1.54, 1.807) is 0 Å². The Morgan fingerprint density at radius 3 is 2.71 bits per heavy atom. The van der Waals surface area contributed by atoms with Gasteiger partial charge in [-0.1, -0.05) is 17.7 Å². The molecule has 0 spiro atoms. The molecule has 0 heterocycles. The van der Waals surface area contributed by atoms with Crippen molar-refractivity contribution in [2.75, 3.05) is 0 Å². The molecule has 0 aromatic heterocycles. The summed E-state index contributed by atoms with van der Waals surface area (Å²) in [6.45, 7) is 4.53. The van der Waals surface area contributed by atoms with Crippen molar-refractivity contribution in [2.45, 2.75) is 32.4 Å². The lowest BCUT2D eigenvalue weighted by Crippen LogP contribution is -2.42. The molecule has 0 unspecified atom stereocenters. The van der Waals surface area contributed by atoms with Crippen LogP contribution in [0, 0.1) is 0 Å². The molecular formula is C12H16BrClN2O. The van der Waals surface area contributed by atoms with Crippen LogP contribution in [0.1, 0.15) is 25.8 Å². The molecule has 0 bridgehead atoms. The number of halogens is 2. The summed E-state index contributed by atoms with van der Waals surface area (Å²) < 4.78 is 0.874. The molecule has 0 saturated carbocycles. The number of benzene rings is 1. The highest BCUT2D eigenvalue weighted by Crippen LogP contribution is 2.23. The van der Waals surface area contributed by atoms with E-state index in [4.69, 9.17) is 17.3 Å². The Kier molecular flexibility index (Phi) is 4.98. The summed E-state index contributed by atoms with van der Waals surface area (Å²) in [6.07, 6.45) is 0.303. The van der Waals surface area contributed by atoms with E-state index in [1.165, 1.54) is 0 Å². The normalized spacial score (nSPS) is 11.5. The predicted molar refractivity (Wildman–Crippen MR) is 73.9 cm³/mol. The second-order valence-electron chi connectivity index (χ2n) is 4.63. The van der Waals surface area contributed by atoms with Crippen molar-refractivity contribution in [3.05, 3.63) is 33.3 Å². The average Bonchev–Trinajstić information content (AvgIpc) is 2.18. The van der Waals surface area contributed by atoms with E-state index in [1.807, 2.05) is 32.0 Å². The van der Waals surface area contributed by atoms with Crippen LogP contribution in [0.5, 0.6) is 0 Å². The fourth-order valence-corrected chi connectivity index (χ4v) is 1.94. The van der Waals surface area contributed by atoms with Crippen LogP contribution < -0.4 is 11.1 Å². The molecule has 5 heteroatoms. The summed E-state index contributed by atoms with van der Waals surface area (Å²) in [5, 5.41) is 3.96. The molecule has 1 aromatic carbocycles. The van der Waals surface area contributed by atoms with Crippen molar-refractivity contribution in [1.29, 1.82) is 0 Å². The van der Waals surface area contributed by atoms with Gasteiger partial charge in [0.2, 0.25) is 5.91 Å². The lowest BCUT2D eigenvalue weighted by atomic mass is 10.00. The Labute approximate surface area is 115 Å². The Morgan fingerprint density at radius 2 is 2.18 bits per heavy atom. The van der Waals surface area contributed by atoms with Crippen molar-refractivity contribution in [2.24, 2.45) is 5.73 Å². The van der Waals surface area contributed by atoms with Gasteiger partial charge < -0.3 is 11.1 Å². The molecule has 1 aromatic rings. The molecule has 3 N–H and O–H groups in total. The van der Waals surface area contributed by atoms with Gasteiger partial charge in [-0.25, -0.2) is 0 Å². The number of nitrogens with two attached hydrogens (primary N) is 1. The summed E-state index contributed by atoms with van der Waals surface area (Å²) in [5.74, 6) is -0.309. The number of nitrogens with one attached hydrogen (secondary N) is 1. The van der Waals surface area contributed by atoms with Crippen LogP contribution in [0.3, 0.4) is 0 Å². The second-order valence-corrected chi connectivity index (χ2v) is 5.89. The van der Waals surface area contributed by atoms with Crippen molar-refractivity contribution in [1.82, 2.24) is 5.32 Å². The van der Waals surface area contributed by atoms with Gasteiger partial charge in [-0.3, -0.25) is 4.79 Å². The van der Waals surface area contributed by atoms with Gasteiger partial charge in [-0.15, -0.1) is 0 Å². The first-order valence-corrected chi connectivity index (χ1v) is 6.44. The molecule has 0 aliphatic heterocycles. The molecule has 0 radical (unpaired) electrons. The number of carbonyl (C=O) groups is 1. The van der Waals surface area contributed by atoms with Crippen LogP contribution in [-0.4, -0.2) is 11.4 Å². The average molecular weight is 320 g/mol. The van der Waals surface area contributed by atoms with Gasteiger partial charge >= 0.3 is 0 Å². The van der Waals surface area contributed by atoms with Crippen LogP contribution in [-0.2, 0) is 11.3 Å². The van der Waals surface area contributed by atoms with E-state index < -0.39 is 0 Å². The highest BCUT2D eigenvalue weighted by molar-refractivity contribution is 9.10. The fourth-order valence-electron chi connectivity index (χ4n) is 1.49. The van der Waals surface area contributed by atoms with Crippen molar-refractivity contribution in [3.63, 3.8) is 0 Å². The molecule has 94 valence electrons. The maximum absolute atomic E-state index is 10.9. The molecule has 17 heavy (non-hydrogen) atoms. The molecule has 0 aliphatic rings. The highest BCUT2D eigenvalue weighted by atomic mass is 79.9. The lowest BCUT2D eigenvalue weighted by molar-refractivity contribution is -0.119. The van der Waals surface area contributed by atoms with Crippen LogP contribution in [0.15, 0.2) is 22.7 Å². The third kappa shape index (κ3) is 5.06. The van der Waals surface area contributed by atoms with Gasteiger partial charge in [0.1, 0.15) is 0 Å².